The Balaban J connectivity index is 3.11. The average Bonchev–Trinajstić information content (AvgIpc) is 2.30. The van der Waals surface area contributed by atoms with E-state index < -0.39 is 0 Å². The lowest BCUT2D eigenvalue weighted by Crippen LogP contribution is -2.06. The fourth-order valence-electron chi connectivity index (χ4n) is 1.44. The Labute approximate surface area is 94.2 Å². The molecule has 0 fully saturated rings. The molecule has 1 aromatic rings. The van der Waals surface area contributed by atoms with Crippen molar-refractivity contribution in [3.63, 3.8) is 0 Å². The number of aldehydes is 1. The second kappa shape index (κ2) is 5.30. The number of methoxy groups -OCH3 is 2. The summed E-state index contributed by atoms with van der Waals surface area (Å²) in [5, 5.41) is 0. The van der Waals surface area contributed by atoms with Crippen LogP contribution in [0.25, 0.3) is 0 Å². The predicted molar refractivity (Wildman–Crippen MR) is 58.8 cm³/mol. The van der Waals surface area contributed by atoms with Gasteiger partial charge in [0, 0.05) is 11.1 Å². The SMILES string of the molecule is COC(=O)Cc1cc(C=O)c(C)c(OC)c1. The molecule has 0 heterocycles. The Kier molecular flexibility index (Phi) is 4.05. The molecule has 0 aliphatic rings. The first kappa shape index (κ1) is 12.2. The molecule has 16 heavy (non-hydrogen) atoms. The van der Waals surface area contributed by atoms with E-state index in [0.717, 1.165) is 11.8 Å². The molecule has 0 radical (unpaired) electrons. The first-order chi connectivity index (χ1) is 7.62. The molecule has 1 rings (SSSR count). The summed E-state index contributed by atoms with van der Waals surface area (Å²) in [5.74, 6) is 0.256. The Morgan fingerprint density at radius 3 is 2.56 bits per heavy atom. The molecule has 86 valence electrons. The molecule has 0 N–H and O–H groups in total. The minimum atomic E-state index is -0.345. The van der Waals surface area contributed by atoms with Gasteiger partial charge in [0.1, 0.15) is 12.0 Å². The minimum absolute atomic E-state index is 0.133. The van der Waals surface area contributed by atoms with Crippen LogP contribution in [0.3, 0.4) is 0 Å². The summed E-state index contributed by atoms with van der Waals surface area (Å²) < 4.78 is 9.70. The number of carbonyl (C=O) groups is 2. The molecule has 0 spiro atoms. The third-order valence-electron chi connectivity index (χ3n) is 2.38. The second-order valence-corrected chi connectivity index (χ2v) is 3.38. The van der Waals surface area contributed by atoms with Crippen LogP contribution in [-0.4, -0.2) is 26.5 Å². The standard InChI is InChI=1S/C12H14O4/c1-8-10(7-13)4-9(5-11(8)15-2)6-12(14)16-3/h4-5,7H,6H2,1-3H3. The monoisotopic (exact) mass is 222 g/mol. The van der Waals surface area contributed by atoms with E-state index in [4.69, 9.17) is 4.74 Å². The smallest absolute Gasteiger partial charge is 0.309 e. The van der Waals surface area contributed by atoms with E-state index in [0.29, 0.717) is 16.9 Å². The number of carbonyl (C=O) groups excluding carboxylic acids is 2. The summed E-state index contributed by atoms with van der Waals surface area (Å²) in [7, 11) is 2.85. The van der Waals surface area contributed by atoms with Gasteiger partial charge in [-0.15, -0.1) is 0 Å². The van der Waals surface area contributed by atoms with Crippen molar-refractivity contribution >= 4 is 12.3 Å². The Bertz CT molecular complexity index is 410. The van der Waals surface area contributed by atoms with Crippen LogP contribution in [0.15, 0.2) is 12.1 Å². The van der Waals surface area contributed by atoms with Crippen LogP contribution in [0.2, 0.25) is 0 Å². The summed E-state index contributed by atoms with van der Waals surface area (Å²) in [4.78, 5) is 21.9. The van der Waals surface area contributed by atoms with E-state index in [2.05, 4.69) is 4.74 Å². The van der Waals surface area contributed by atoms with Gasteiger partial charge < -0.3 is 9.47 Å². The van der Waals surface area contributed by atoms with Gasteiger partial charge >= 0.3 is 5.97 Å². The molecule has 0 saturated heterocycles. The molecule has 0 unspecified atom stereocenters. The zero-order valence-electron chi connectivity index (χ0n) is 9.57. The Hall–Kier alpha value is -1.84. The van der Waals surface area contributed by atoms with Gasteiger partial charge in [0.2, 0.25) is 0 Å². The minimum Gasteiger partial charge on any atom is -0.496 e. The van der Waals surface area contributed by atoms with Crippen LogP contribution in [0.5, 0.6) is 5.75 Å². The van der Waals surface area contributed by atoms with Crippen LogP contribution in [0.1, 0.15) is 21.5 Å². The van der Waals surface area contributed by atoms with Crippen molar-refractivity contribution in [2.45, 2.75) is 13.3 Å². The van der Waals surface area contributed by atoms with E-state index in [1.807, 2.05) is 0 Å². The van der Waals surface area contributed by atoms with Crippen LogP contribution >= 0.6 is 0 Å². The Morgan fingerprint density at radius 1 is 1.38 bits per heavy atom. The van der Waals surface area contributed by atoms with Gasteiger partial charge in [0.15, 0.2) is 0 Å². The van der Waals surface area contributed by atoms with Gasteiger partial charge in [-0.2, -0.15) is 0 Å². The van der Waals surface area contributed by atoms with Gasteiger partial charge in [0.25, 0.3) is 0 Å². The third-order valence-corrected chi connectivity index (χ3v) is 2.38. The molecule has 0 amide bonds. The van der Waals surface area contributed by atoms with Gasteiger partial charge in [0.05, 0.1) is 20.6 Å². The normalized spacial score (nSPS) is 9.69. The lowest BCUT2D eigenvalue weighted by molar-refractivity contribution is -0.139. The van der Waals surface area contributed by atoms with Gasteiger partial charge in [-0.25, -0.2) is 0 Å². The first-order valence-electron chi connectivity index (χ1n) is 4.82. The van der Waals surface area contributed by atoms with Crippen LogP contribution in [0, 0.1) is 6.92 Å². The third kappa shape index (κ3) is 2.59. The van der Waals surface area contributed by atoms with Crippen molar-refractivity contribution in [2.75, 3.05) is 14.2 Å². The summed E-state index contributed by atoms with van der Waals surface area (Å²) in [6.45, 7) is 1.80. The molecular formula is C12H14O4. The van der Waals surface area contributed by atoms with Crippen molar-refractivity contribution in [3.8, 4) is 5.75 Å². The molecular weight excluding hydrogens is 208 g/mol. The van der Waals surface area contributed by atoms with E-state index >= 15 is 0 Å². The molecule has 0 saturated carbocycles. The maximum absolute atomic E-state index is 11.1. The number of rotatable bonds is 4. The highest BCUT2D eigenvalue weighted by atomic mass is 16.5. The number of ether oxygens (including phenoxy) is 2. The van der Waals surface area contributed by atoms with Crippen molar-refractivity contribution in [1.82, 2.24) is 0 Å². The number of hydrogen-bond acceptors (Lipinski definition) is 4. The molecule has 0 bridgehead atoms. The second-order valence-electron chi connectivity index (χ2n) is 3.38. The quantitative estimate of drug-likeness (QED) is 0.572. The van der Waals surface area contributed by atoms with Crippen LogP contribution in [0.4, 0.5) is 0 Å². The molecule has 0 aliphatic carbocycles. The number of benzene rings is 1. The van der Waals surface area contributed by atoms with Crippen molar-refractivity contribution in [2.24, 2.45) is 0 Å². The van der Waals surface area contributed by atoms with Crippen molar-refractivity contribution in [1.29, 1.82) is 0 Å². The van der Waals surface area contributed by atoms with E-state index in [-0.39, 0.29) is 12.4 Å². The molecule has 4 nitrogen and oxygen atoms in total. The number of esters is 1. The Morgan fingerprint density at radius 2 is 2.06 bits per heavy atom. The molecule has 4 heteroatoms. The maximum Gasteiger partial charge on any atom is 0.309 e. The predicted octanol–water partition coefficient (Wildman–Crippen LogP) is 1.53. The highest BCUT2D eigenvalue weighted by Crippen LogP contribution is 2.23. The fraction of sp³-hybridized carbons (Fsp3) is 0.333. The molecule has 0 aromatic heterocycles. The lowest BCUT2D eigenvalue weighted by Gasteiger charge is -2.09. The molecule has 0 atom stereocenters. The van der Waals surface area contributed by atoms with Gasteiger partial charge in [-0.1, -0.05) is 0 Å². The molecule has 1 aromatic carbocycles. The largest absolute Gasteiger partial charge is 0.496 e. The average molecular weight is 222 g/mol. The van der Waals surface area contributed by atoms with Crippen LogP contribution in [-0.2, 0) is 16.0 Å². The molecule has 0 aliphatic heterocycles. The first-order valence-corrected chi connectivity index (χ1v) is 4.82. The highest BCUT2D eigenvalue weighted by Gasteiger charge is 2.10. The topological polar surface area (TPSA) is 52.6 Å². The summed E-state index contributed by atoms with van der Waals surface area (Å²) in [6, 6.07) is 3.40. The van der Waals surface area contributed by atoms with E-state index in [1.54, 1.807) is 19.1 Å². The van der Waals surface area contributed by atoms with Crippen molar-refractivity contribution in [3.05, 3.63) is 28.8 Å². The lowest BCUT2D eigenvalue weighted by atomic mass is 10.0. The zero-order chi connectivity index (χ0) is 12.1. The number of hydrogen-bond donors (Lipinski definition) is 0. The summed E-state index contributed by atoms with van der Waals surface area (Å²) >= 11 is 0. The summed E-state index contributed by atoms with van der Waals surface area (Å²) in [5.41, 5.74) is 2.00. The van der Waals surface area contributed by atoms with E-state index in [1.165, 1.54) is 14.2 Å². The van der Waals surface area contributed by atoms with E-state index in [9.17, 15) is 9.59 Å². The van der Waals surface area contributed by atoms with Crippen molar-refractivity contribution < 1.29 is 19.1 Å². The highest BCUT2D eigenvalue weighted by molar-refractivity contribution is 5.80. The van der Waals surface area contributed by atoms with Crippen LogP contribution < -0.4 is 4.74 Å². The maximum atomic E-state index is 11.1. The fourth-order valence-corrected chi connectivity index (χ4v) is 1.44. The van der Waals surface area contributed by atoms with Gasteiger partial charge in [-0.05, 0) is 24.6 Å². The van der Waals surface area contributed by atoms with Gasteiger partial charge in [-0.3, -0.25) is 9.59 Å². The summed E-state index contributed by atoms with van der Waals surface area (Å²) in [6.07, 6.45) is 0.882. The zero-order valence-corrected chi connectivity index (χ0v) is 9.57.